The summed E-state index contributed by atoms with van der Waals surface area (Å²) in [6.07, 6.45) is 8.25. The van der Waals surface area contributed by atoms with Crippen LogP contribution in [0.3, 0.4) is 0 Å². The van der Waals surface area contributed by atoms with Crippen molar-refractivity contribution in [1.82, 2.24) is 0 Å². The van der Waals surface area contributed by atoms with Crippen molar-refractivity contribution in [2.24, 2.45) is 0 Å². The molecule has 0 aliphatic rings. The van der Waals surface area contributed by atoms with Gasteiger partial charge in [-0.25, -0.2) is 0 Å². The molecule has 2 unspecified atom stereocenters. The van der Waals surface area contributed by atoms with E-state index in [1.165, 1.54) is 0 Å². The molecule has 0 saturated carbocycles. The molecule has 0 amide bonds. The molecule has 0 aliphatic heterocycles. The van der Waals surface area contributed by atoms with E-state index in [-0.39, 0.29) is 31.9 Å². The maximum absolute atomic E-state index is 10.3. The first-order chi connectivity index (χ1) is 10.1. The molecule has 0 fully saturated rings. The van der Waals surface area contributed by atoms with Crippen molar-refractivity contribution >= 4 is 24.8 Å². The van der Waals surface area contributed by atoms with Crippen molar-refractivity contribution in [2.75, 3.05) is 6.61 Å². The first kappa shape index (κ1) is 24.2. The van der Waals surface area contributed by atoms with Gasteiger partial charge in [-0.3, -0.25) is 4.79 Å². The molecule has 0 heterocycles. The van der Waals surface area contributed by atoms with Crippen LogP contribution < -0.4 is 0 Å². The number of hydrogen-bond acceptors (Lipinski definition) is 4. The normalized spacial score (nSPS) is 13.4. The van der Waals surface area contributed by atoms with Crippen molar-refractivity contribution < 1.29 is 25.2 Å². The van der Waals surface area contributed by atoms with Crippen molar-refractivity contribution in [2.45, 2.75) is 89.3 Å². The molecule has 4 N–H and O–H groups in total. The Bertz CT molecular complexity index is 251. The van der Waals surface area contributed by atoms with Crippen LogP contribution in [-0.2, 0) is 4.79 Å². The Kier molecular flexibility index (Phi) is 19.0. The third-order valence-corrected chi connectivity index (χ3v) is 3.74. The Balaban J connectivity index is 0. The Morgan fingerprint density at radius 2 is 1.14 bits per heavy atom. The fraction of sp³-hybridized carbons (Fsp3) is 0.938. The van der Waals surface area contributed by atoms with Gasteiger partial charge in [-0.1, -0.05) is 44.9 Å². The molecule has 22 heavy (non-hydrogen) atoms. The maximum atomic E-state index is 10.3. The molecular weight excluding hydrogens is 279 g/mol. The van der Waals surface area contributed by atoms with E-state index >= 15 is 0 Å². The second kappa shape index (κ2) is 17.3. The van der Waals surface area contributed by atoms with Crippen LogP contribution in [0.15, 0.2) is 0 Å². The number of unbranched alkanes of at least 4 members (excludes halogenated alkanes) is 7. The van der Waals surface area contributed by atoms with E-state index in [2.05, 4.69) is 0 Å². The van der Waals surface area contributed by atoms with Gasteiger partial charge in [0.25, 0.3) is 0 Å². The molecule has 0 aromatic heterocycles. The van der Waals surface area contributed by atoms with Gasteiger partial charge in [0, 0.05) is 13.0 Å². The summed E-state index contributed by atoms with van der Waals surface area (Å²) in [6, 6.07) is 0. The average Bonchev–Trinajstić information content (AvgIpc) is 2.45. The Morgan fingerprint density at radius 3 is 1.59 bits per heavy atom. The van der Waals surface area contributed by atoms with Crippen molar-refractivity contribution in [3.05, 3.63) is 0 Å². The van der Waals surface area contributed by atoms with Crippen LogP contribution in [0.25, 0.3) is 0 Å². The van der Waals surface area contributed by atoms with E-state index in [1.54, 1.807) is 0 Å². The second-order valence-corrected chi connectivity index (χ2v) is 5.76. The van der Waals surface area contributed by atoms with Crippen LogP contribution in [0.5, 0.6) is 0 Å². The molecule has 2 atom stereocenters. The van der Waals surface area contributed by atoms with Crippen LogP contribution in [0.4, 0.5) is 0 Å². The number of carbonyl (C=O) groups is 1. The molecule has 0 saturated heterocycles. The fourth-order valence-electron chi connectivity index (χ4n) is 2.36. The summed E-state index contributed by atoms with van der Waals surface area (Å²) in [4.78, 5) is 10.3. The van der Waals surface area contributed by atoms with E-state index in [4.69, 9.17) is 10.2 Å². The predicted octanol–water partition coefficient (Wildman–Crippen LogP) is 1.82. The SMILES string of the molecule is O=C(O)CCCCCCCC(O)C(O)CCCCCCO.[LiH]. The molecule has 0 aromatic rings. The standard InChI is InChI=1S/C16H32O5.Li.H/c17-13-9-5-4-7-11-15(19)14(18)10-6-2-1-3-8-12-16(20)21;;/h14-15,17-19H,1-13H2,(H,20,21);;. The van der Waals surface area contributed by atoms with Gasteiger partial charge in [-0.15, -0.1) is 0 Å². The van der Waals surface area contributed by atoms with Gasteiger partial charge < -0.3 is 20.4 Å². The predicted molar refractivity (Wildman–Crippen MR) is 89.3 cm³/mol. The van der Waals surface area contributed by atoms with Gasteiger partial charge >= 0.3 is 24.8 Å². The zero-order valence-electron chi connectivity index (χ0n) is 13.0. The summed E-state index contributed by atoms with van der Waals surface area (Å²) in [6.45, 7) is 0.220. The van der Waals surface area contributed by atoms with Gasteiger partial charge in [0.1, 0.15) is 0 Å². The molecule has 5 nitrogen and oxygen atoms in total. The molecule has 0 aliphatic carbocycles. The quantitative estimate of drug-likeness (QED) is 0.273. The van der Waals surface area contributed by atoms with E-state index in [0.717, 1.165) is 51.4 Å². The number of aliphatic hydroxyl groups excluding tert-OH is 3. The zero-order chi connectivity index (χ0) is 15.9. The Labute approximate surface area is 146 Å². The second-order valence-electron chi connectivity index (χ2n) is 5.76. The molecule has 128 valence electrons. The van der Waals surface area contributed by atoms with Gasteiger partial charge in [0.15, 0.2) is 0 Å². The Morgan fingerprint density at radius 1 is 0.727 bits per heavy atom. The van der Waals surface area contributed by atoms with E-state index in [1.807, 2.05) is 0 Å². The molecule has 0 aromatic carbocycles. The molecule has 0 spiro atoms. The van der Waals surface area contributed by atoms with Gasteiger partial charge in [-0.05, 0) is 25.7 Å². The third kappa shape index (κ3) is 16.3. The number of carboxylic acid groups (broad SMARTS) is 1. The van der Waals surface area contributed by atoms with Crippen molar-refractivity contribution in [3.63, 3.8) is 0 Å². The number of aliphatic carboxylic acids is 1. The summed E-state index contributed by atoms with van der Waals surface area (Å²) >= 11 is 0. The number of rotatable bonds is 15. The van der Waals surface area contributed by atoms with Crippen molar-refractivity contribution in [1.29, 1.82) is 0 Å². The number of carboxylic acids is 1. The molecule has 6 heteroatoms. The molecule has 0 rings (SSSR count). The summed E-state index contributed by atoms with van der Waals surface area (Å²) in [7, 11) is 0. The Hall–Kier alpha value is -0.0526. The summed E-state index contributed by atoms with van der Waals surface area (Å²) < 4.78 is 0. The van der Waals surface area contributed by atoms with Crippen molar-refractivity contribution in [3.8, 4) is 0 Å². The minimum absolute atomic E-state index is 0. The first-order valence-corrected chi connectivity index (χ1v) is 8.26. The van der Waals surface area contributed by atoms with Crippen LogP contribution in [-0.4, -0.2) is 64.1 Å². The number of hydrogen-bond donors (Lipinski definition) is 4. The van der Waals surface area contributed by atoms with Crippen LogP contribution >= 0.6 is 0 Å². The molecule has 0 bridgehead atoms. The average molecular weight is 312 g/mol. The van der Waals surface area contributed by atoms with E-state index in [0.29, 0.717) is 19.3 Å². The van der Waals surface area contributed by atoms with E-state index in [9.17, 15) is 15.0 Å². The van der Waals surface area contributed by atoms with Gasteiger partial charge in [-0.2, -0.15) is 0 Å². The summed E-state index contributed by atoms with van der Waals surface area (Å²) in [5.74, 6) is -0.743. The molecular formula is C16H33LiO5. The van der Waals surface area contributed by atoms with E-state index < -0.39 is 18.2 Å². The summed E-state index contributed by atoms with van der Waals surface area (Å²) in [5, 5.41) is 36.8. The van der Waals surface area contributed by atoms with Gasteiger partial charge in [0.05, 0.1) is 12.2 Å². The number of aliphatic hydroxyl groups is 3. The van der Waals surface area contributed by atoms with Crippen LogP contribution in [0.2, 0.25) is 0 Å². The summed E-state index contributed by atoms with van der Waals surface area (Å²) in [5.41, 5.74) is 0. The third-order valence-electron chi connectivity index (χ3n) is 3.74. The topological polar surface area (TPSA) is 98.0 Å². The fourth-order valence-corrected chi connectivity index (χ4v) is 2.36. The zero-order valence-corrected chi connectivity index (χ0v) is 13.0. The monoisotopic (exact) mass is 312 g/mol. The van der Waals surface area contributed by atoms with Gasteiger partial charge in [0.2, 0.25) is 0 Å². The van der Waals surface area contributed by atoms with Crippen LogP contribution in [0, 0.1) is 0 Å². The molecule has 0 radical (unpaired) electrons. The minimum atomic E-state index is -0.743. The first-order valence-electron chi connectivity index (χ1n) is 8.26. The van der Waals surface area contributed by atoms with Crippen LogP contribution in [0.1, 0.15) is 77.0 Å².